The molecule has 0 unspecified atom stereocenters. The fourth-order valence-electron chi connectivity index (χ4n) is 3.21. The summed E-state index contributed by atoms with van der Waals surface area (Å²) in [7, 11) is 0. The first-order chi connectivity index (χ1) is 11.8. The Labute approximate surface area is 145 Å². The molecular formula is C21H17FO3. The molecule has 0 amide bonds. The van der Waals surface area contributed by atoms with Gasteiger partial charge in [0.05, 0.1) is 5.56 Å². The summed E-state index contributed by atoms with van der Waals surface area (Å²) in [5.74, 6) is 3.90. The van der Waals surface area contributed by atoms with E-state index in [2.05, 4.69) is 25.7 Å². The Balaban J connectivity index is 2.05. The summed E-state index contributed by atoms with van der Waals surface area (Å²) in [6.45, 7) is 4.18. The number of fused-ring (bicyclic) bond motifs is 1. The molecule has 3 rings (SSSR count). The minimum Gasteiger partial charge on any atom is -0.478 e. The van der Waals surface area contributed by atoms with Crippen molar-refractivity contribution in [1.82, 2.24) is 0 Å². The maximum absolute atomic E-state index is 13.8. The Hall–Kier alpha value is -2.93. The molecule has 0 saturated heterocycles. The van der Waals surface area contributed by atoms with E-state index in [-0.39, 0.29) is 16.8 Å². The van der Waals surface area contributed by atoms with Crippen LogP contribution in [0.2, 0.25) is 0 Å². The molecule has 1 aliphatic carbocycles. The molecule has 3 nitrogen and oxygen atoms in total. The van der Waals surface area contributed by atoms with Crippen LogP contribution >= 0.6 is 0 Å². The lowest BCUT2D eigenvalue weighted by atomic mass is 9.70. The van der Waals surface area contributed by atoms with Crippen molar-refractivity contribution in [2.75, 3.05) is 0 Å². The lowest BCUT2D eigenvalue weighted by Crippen LogP contribution is -2.28. The molecule has 4 heteroatoms. The van der Waals surface area contributed by atoms with E-state index in [9.17, 15) is 14.0 Å². The average molecular weight is 336 g/mol. The number of aromatic carboxylic acids is 1. The van der Waals surface area contributed by atoms with Crippen LogP contribution in [0.5, 0.6) is 0 Å². The number of ketones is 1. The number of rotatable bonds is 1. The summed E-state index contributed by atoms with van der Waals surface area (Å²) >= 11 is 0. The predicted molar refractivity (Wildman–Crippen MR) is 92.4 cm³/mol. The van der Waals surface area contributed by atoms with Gasteiger partial charge in [-0.1, -0.05) is 37.8 Å². The number of carbonyl (C=O) groups excluding carboxylic acids is 1. The molecule has 0 aliphatic heterocycles. The van der Waals surface area contributed by atoms with E-state index in [0.717, 1.165) is 23.6 Å². The van der Waals surface area contributed by atoms with Gasteiger partial charge in [-0.15, -0.1) is 0 Å². The zero-order chi connectivity index (χ0) is 18.2. The minimum atomic E-state index is -1.31. The van der Waals surface area contributed by atoms with Gasteiger partial charge in [0.2, 0.25) is 0 Å². The first-order valence-corrected chi connectivity index (χ1v) is 8.01. The molecule has 0 heterocycles. The van der Waals surface area contributed by atoms with Gasteiger partial charge in [-0.25, -0.2) is 9.18 Å². The SMILES string of the molecule is CC1(C)CCC(=O)c2cccc(C#Cc3ccc(C(=O)O)c(F)c3)c21. The molecule has 0 radical (unpaired) electrons. The number of benzene rings is 2. The summed E-state index contributed by atoms with van der Waals surface area (Å²) in [4.78, 5) is 23.1. The van der Waals surface area contributed by atoms with Gasteiger partial charge >= 0.3 is 5.97 Å². The third-order valence-electron chi connectivity index (χ3n) is 4.56. The van der Waals surface area contributed by atoms with E-state index in [1.807, 2.05) is 12.1 Å². The Kier molecular flexibility index (Phi) is 4.18. The Morgan fingerprint density at radius 2 is 1.96 bits per heavy atom. The van der Waals surface area contributed by atoms with E-state index < -0.39 is 11.8 Å². The predicted octanol–water partition coefficient (Wildman–Crippen LogP) is 4.18. The highest BCUT2D eigenvalue weighted by atomic mass is 19.1. The second-order valence-corrected chi connectivity index (χ2v) is 6.78. The molecule has 0 spiro atoms. The molecule has 2 aromatic carbocycles. The number of carbonyl (C=O) groups is 2. The van der Waals surface area contributed by atoms with Crippen molar-refractivity contribution in [3.05, 3.63) is 70.0 Å². The lowest BCUT2D eigenvalue weighted by molar-refractivity contribution is 0.0691. The van der Waals surface area contributed by atoms with Crippen LogP contribution in [0, 0.1) is 17.7 Å². The number of Topliss-reactive ketones (excluding diaryl/α,β-unsaturated/α-hetero) is 1. The van der Waals surface area contributed by atoms with Gasteiger partial charge in [0, 0.05) is 23.1 Å². The van der Waals surface area contributed by atoms with Crippen LogP contribution in [0.1, 0.15) is 64.1 Å². The van der Waals surface area contributed by atoms with Crippen LogP contribution in [-0.2, 0) is 5.41 Å². The molecule has 2 aromatic rings. The molecular weight excluding hydrogens is 319 g/mol. The summed E-state index contributed by atoms with van der Waals surface area (Å²) in [5.41, 5.74) is 2.23. The van der Waals surface area contributed by atoms with Gasteiger partial charge in [-0.2, -0.15) is 0 Å². The molecule has 1 N–H and O–H groups in total. The third-order valence-corrected chi connectivity index (χ3v) is 4.56. The number of carboxylic acids is 1. The zero-order valence-corrected chi connectivity index (χ0v) is 14.0. The molecule has 1 aliphatic rings. The fourth-order valence-corrected chi connectivity index (χ4v) is 3.21. The highest BCUT2D eigenvalue weighted by Crippen LogP contribution is 2.38. The van der Waals surface area contributed by atoms with Crippen molar-refractivity contribution in [2.45, 2.75) is 32.1 Å². The van der Waals surface area contributed by atoms with Crippen molar-refractivity contribution >= 4 is 11.8 Å². The number of hydrogen-bond acceptors (Lipinski definition) is 2. The first kappa shape index (κ1) is 16.9. The van der Waals surface area contributed by atoms with Crippen molar-refractivity contribution in [2.24, 2.45) is 0 Å². The Morgan fingerprint density at radius 1 is 1.20 bits per heavy atom. The second-order valence-electron chi connectivity index (χ2n) is 6.78. The molecule has 0 saturated carbocycles. The van der Waals surface area contributed by atoms with Gasteiger partial charge in [0.15, 0.2) is 5.78 Å². The highest BCUT2D eigenvalue weighted by Gasteiger charge is 2.33. The molecule has 25 heavy (non-hydrogen) atoms. The van der Waals surface area contributed by atoms with Crippen LogP contribution in [-0.4, -0.2) is 16.9 Å². The number of halogens is 1. The molecule has 0 fully saturated rings. The topological polar surface area (TPSA) is 54.4 Å². The Morgan fingerprint density at radius 3 is 2.64 bits per heavy atom. The van der Waals surface area contributed by atoms with E-state index in [1.54, 1.807) is 6.07 Å². The van der Waals surface area contributed by atoms with Crippen molar-refractivity contribution in [3.8, 4) is 11.8 Å². The van der Waals surface area contributed by atoms with Gasteiger partial charge in [-0.3, -0.25) is 4.79 Å². The van der Waals surface area contributed by atoms with E-state index in [0.29, 0.717) is 17.5 Å². The molecule has 126 valence electrons. The van der Waals surface area contributed by atoms with Gasteiger partial charge in [0.25, 0.3) is 0 Å². The largest absolute Gasteiger partial charge is 0.478 e. The fraction of sp³-hybridized carbons (Fsp3) is 0.238. The van der Waals surface area contributed by atoms with Crippen molar-refractivity contribution < 1.29 is 19.1 Å². The monoisotopic (exact) mass is 336 g/mol. The van der Waals surface area contributed by atoms with Crippen LogP contribution in [0.4, 0.5) is 4.39 Å². The average Bonchev–Trinajstić information content (AvgIpc) is 2.56. The maximum Gasteiger partial charge on any atom is 0.338 e. The van der Waals surface area contributed by atoms with Crippen LogP contribution in [0.15, 0.2) is 36.4 Å². The summed E-state index contributed by atoms with van der Waals surface area (Å²) in [6, 6.07) is 9.28. The molecule has 0 bridgehead atoms. The zero-order valence-electron chi connectivity index (χ0n) is 14.0. The summed E-state index contributed by atoms with van der Waals surface area (Å²) in [6.07, 6.45) is 1.29. The van der Waals surface area contributed by atoms with Crippen molar-refractivity contribution in [1.29, 1.82) is 0 Å². The smallest absolute Gasteiger partial charge is 0.338 e. The van der Waals surface area contributed by atoms with Crippen LogP contribution < -0.4 is 0 Å². The minimum absolute atomic E-state index is 0.120. The second kappa shape index (κ2) is 6.18. The van der Waals surface area contributed by atoms with Gasteiger partial charge in [0.1, 0.15) is 5.82 Å². The van der Waals surface area contributed by atoms with Gasteiger partial charge < -0.3 is 5.11 Å². The Bertz CT molecular complexity index is 945. The molecule has 0 atom stereocenters. The lowest BCUT2D eigenvalue weighted by Gasteiger charge is -2.32. The standard InChI is InChI=1S/C21H17FO3/c1-21(2)11-10-18(23)16-5-3-4-14(19(16)21)8-6-13-7-9-15(20(24)25)17(22)12-13/h3-5,7,9,12H,10-11H2,1-2H3,(H,24,25). The third kappa shape index (κ3) is 3.18. The summed E-state index contributed by atoms with van der Waals surface area (Å²) < 4.78 is 13.8. The molecule has 0 aromatic heterocycles. The van der Waals surface area contributed by atoms with Crippen LogP contribution in [0.3, 0.4) is 0 Å². The highest BCUT2D eigenvalue weighted by molar-refractivity contribution is 5.99. The number of hydrogen-bond donors (Lipinski definition) is 1. The summed E-state index contributed by atoms with van der Waals surface area (Å²) in [5, 5.41) is 8.87. The van der Waals surface area contributed by atoms with Crippen molar-refractivity contribution in [3.63, 3.8) is 0 Å². The quantitative estimate of drug-likeness (QED) is 0.795. The maximum atomic E-state index is 13.8. The van der Waals surface area contributed by atoms with Crippen LogP contribution in [0.25, 0.3) is 0 Å². The van der Waals surface area contributed by atoms with Gasteiger partial charge in [-0.05, 0) is 41.7 Å². The van der Waals surface area contributed by atoms with E-state index >= 15 is 0 Å². The van der Waals surface area contributed by atoms with E-state index in [4.69, 9.17) is 5.11 Å². The number of carboxylic acid groups (broad SMARTS) is 1. The van der Waals surface area contributed by atoms with E-state index in [1.165, 1.54) is 12.1 Å². The first-order valence-electron chi connectivity index (χ1n) is 8.01. The normalized spacial score (nSPS) is 15.1.